The van der Waals surface area contributed by atoms with Gasteiger partial charge in [-0.2, -0.15) is 0 Å². The molecule has 0 amide bonds. The summed E-state index contributed by atoms with van der Waals surface area (Å²) in [5.41, 5.74) is 2.15. The van der Waals surface area contributed by atoms with Crippen LogP contribution in [0, 0.1) is 6.92 Å². The van der Waals surface area contributed by atoms with Crippen molar-refractivity contribution in [1.29, 1.82) is 0 Å². The van der Waals surface area contributed by atoms with Gasteiger partial charge in [-0.15, -0.1) is 0 Å². The summed E-state index contributed by atoms with van der Waals surface area (Å²) in [7, 11) is 0. The van der Waals surface area contributed by atoms with E-state index in [0.717, 1.165) is 0 Å². The molecule has 0 saturated carbocycles. The van der Waals surface area contributed by atoms with Crippen molar-refractivity contribution in [2.75, 3.05) is 18.5 Å². The lowest BCUT2D eigenvalue weighted by Crippen LogP contribution is -2.06. The van der Waals surface area contributed by atoms with E-state index >= 15 is 0 Å². The fourth-order valence-electron chi connectivity index (χ4n) is 2.62. The highest BCUT2D eigenvalue weighted by molar-refractivity contribution is 6.04. The first-order chi connectivity index (χ1) is 13.0. The molecule has 0 unspecified atom stereocenters. The molecule has 3 rings (SSSR count). The first-order valence-corrected chi connectivity index (χ1v) is 8.55. The predicted molar refractivity (Wildman–Crippen MR) is 101 cm³/mol. The van der Waals surface area contributed by atoms with Crippen molar-refractivity contribution in [3.8, 4) is 11.6 Å². The highest BCUT2D eigenvalue weighted by atomic mass is 16.5. The zero-order chi connectivity index (χ0) is 19.4. The lowest BCUT2D eigenvalue weighted by Gasteiger charge is -2.14. The molecule has 0 saturated heterocycles. The summed E-state index contributed by atoms with van der Waals surface area (Å²) in [6.07, 6.45) is 2.87. The second-order valence-corrected chi connectivity index (χ2v) is 5.67. The summed E-state index contributed by atoms with van der Waals surface area (Å²) in [6.45, 7) is 6.57. The number of anilines is 2. The molecule has 3 aromatic heterocycles. The highest BCUT2D eigenvalue weighted by Crippen LogP contribution is 2.32. The van der Waals surface area contributed by atoms with Gasteiger partial charge >= 0.3 is 5.97 Å². The van der Waals surface area contributed by atoms with Crippen LogP contribution in [-0.2, 0) is 0 Å². The van der Waals surface area contributed by atoms with Crippen LogP contribution in [0.4, 0.5) is 11.4 Å². The molecule has 0 aliphatic carbocycles. The smallest absolute Gasteiger partial charge is 0.339 e. The number of hydrogen-bond donors (Lipinski definition) is 2. The third kappa shape index (κ3) is 3.89. The minimum absolute atomic E-state index is 0.0319. The monoisotopic (exact) mass is 368 g/mol. The van der Waals surface area contributed by atoms with Gasteiger partial charge in [0.2, 0.25) is 5.88 Å². The van der Waals surface area contributed by atoms with Crippen molar-refractivity contribution in [3.63, 3.8) is 0 Å². The molecule has 0 aliphatic rings. The van der Waals surface area contributed by atoms with Crippen LogP contribution in [0.1, 0.15) is 29.9 Å². The van der Waals surface area contributed by atoms with Gasteiger partial charge in [0.25, 0.3) is 0 Å². The Morgan fingerprint density at radius 3 is 2.56 bits per heavy atom. The first-order valence-electron chi connectivity index (χ1n) is 8.55. The van der Waals surface area contributed by atoms with Gasteiger partial charge in [-0.25, -0.2) is 19.7 Å². The van der Waals surface area contributed by atoms with Crippen LogP contribution < -0.4 is 14.8 Å². The van der Waals surface area contributed by atoms with Crippen LogP contribution in [0.3, 0.4) is 0 Å². The average Bonchev–Trinajstić information content (AvgIpc) is 2.64. The number of ether oxygens (including phenoxy) is 2. The minimum atomic E-state index is -1.09. The molecule has 27 heavy (non-hydrogen) atoms. The largest absolute Gasteiger partial charge is 0.492 e. The lowest BCUT2D eigenvalue weighted by molar-refractivity contribution is 0.0697. The number of nitrogens with zero attached hydrogens (tertiary/aromatic N) is 3. The maximum atomic E-state index is 11.7. The number of carbonyl (C=O) groups is 1. The normalized spacial score (nSPS) is 10.6. The molecule has 0 aromatic carbocycles. The molecular formula is C19H20N4O4. The molecule has 8 heteroatoms. The molecule has 0 radical (unpaired) electrons. The van der Waals surface area contributed by atoms with Crippen LogP contribution in [0.5, 0.6) is 11.6 Å². The lowest BCUT2D eigenvalue weighted by atomic mass is 10.1. The van der Waals surface area contributed by atoms with E-state index in [1.165, 1.54) is 6.20 Å². The molecule has 0 bridgehead atoms. The molecule has 0 aliphatic heterocycles. The number of hydrogen-bond acceptors (Lipinski definition) is 7. The second-order valence-electron chi connectivity index (χ2n) is 5.67. The average molecular weight is 368 g/mol. The first kappa shape index (κ1) is 18.4. The van der Waals surface area contributed by atoms with Crippen molar-refractivity contribution < 1.29 is 19.4 Å². The SMILES string of the molecule is CCOc1ccc(Nc2c(C(=O)O)cnc3nc(C)c(OCC)cc23)cn1. The van der Waals surface area contributed by atoms with E-state index in [4.69, 9.17) is 9.47 Å². The number of fused-ring (bicyclic) bond motifs is 1. The van der Waals surface area contributed by atoms with Crippen LogP contribution in [0.15, 0.2) is 30.6 Å². The second kappa shape index (κ2) is 7.86. The zero-order valence-corrected chi connectivity index (χ0v) is 15.3. The Kier molecular flexibility index (Phi) is 5.35. The molecule has 3 aromatic rings. The molecule has 0 spiro atoms. The minimum Gasteiger partial charge on any atom is -0.492 e. The van der Waals surface area contributed by atoms with Crippen molar-refractivity contribution in [3.05, 3.63) is 41.9 Å². The third-order valence-electron chi connectivity index (χ3n) is 3.83. The van der Waals surface area contributed by atoms with Gasteiger partial charge in [0.05, 0.1) is 36.5 Å². The number of carboxylic acids is 1. The number of aryl methyl sites for hydroxylation is 1. The maximum Gasteiger partial charge on any atom is 0.339 e. The number of carboxylic acid groups (broad SMARTS) is 1. The third-order valence-corrected chi connectivity index (χ3v) is 3.83. The van der Waals surface area contributed by atoms with E-state index in [1.54, 1.807) is 24.4 Å². The summed E-state index contributed by atoms with van der Waals surface area (Å²) in [4.78, 5) is 24.5. The summed E-state index contributed by atoms with van der Waals surface area (Å²) in [5.74, 6) is -0.0106. The molecular weight excluding hydrogens is 348 g/mol. The Balaban J connectivity index is 2.11. The fourth-order valence-corrected chi connectivity index (χ4v) is 2.62. The highest BCUT2D eigenvalue weighted by Gasteiger charge is 2.17. The van der Waals surface area contributed by atoms with E-state index < -0.39 is 5.97 Å². The summed E-state index contributed by atoms with van der Waals surface area (Å²) in [6, 6.07) is 5.23. The number of aromatic nitrogens is 3. The fraction of sp³-hybridized carbons (Fsp3) is 0.263. The van der Waals surface area contributed by atoms with Crippen molar-refractivity contribution in [1.82, 2.24) is 15.0 Å². The van der Waals surface area contributed by atoms with Crippen molar-refractivity contribution >= 4 is 28.4 Å². The standard InChI is InChI=1S/C19H20N4O4/c1-4-26-15-8-13-17(23-12-6-7-16(20-9-12)27-5-2)14(19(24)25)10-21-18(13)22-11(15)3/h6-10H,4-5H2,1-3H3,(H,24,25)(H,21,22,23). The molecule has 8 nitrogen and oxygen atoms in total. The van der Waals surface area contributed by atoms with Crippen molar-refractivity contribution in [2.24, 2.45) is 0 Å². The molecule has 0 fully saturated rings. The van der Waals surface area contributed by atoms with Crippen LogP contribution in [0.25, 0.3) is 11.0 Å². The van der Waals surface area contributed by atoms with Crippen LogP contribution in [0.2, 0.25) is 0 Å². The quantitative estimate of drug-likeness (QED) is 0.652. The Hall–Kier alpha value is -3.42. The summed E-state index contributed by atoms with van der Waals surface area (Å²) in [5, 5.41) is 13.3. The maximum absolute atomic E-state index is 11.7. The molecule has 0 atom stereocenters. The van der Waals surface area contributed by atoms with E-state index in [0.29, 0.717) is 52.9 Å². The number of pyridine rings is 3. The Labute approximate surface area is 156 Å². The molecule has 140 valence electrons. The van der Waals surface area contributed by atoms with E-state index in [9.17, 15) is 9.90 Å². The number of nitrogens with one attached hydrogen (secondary N) is 1. The summed E-state index contributed by atoms with van der Waals surface area (Å²) < 4.78 is 10.9. The number of aromatic carboxylic acids is 1. The van der Waals surface area contributed by atoms with Gasteiger partial charge in [0.15, 0.2) is 5.65 Å². The van der Waals surface area contributed by atoms with Gasteiger partial charge in [0, 0.05) is 17.6 Å². The van der Waals surface area contributed by atoms with Gasteiger partial charge in [-0.1, -0.05) is 0 Å². The van der Waals surface area contributed by atoms with Gasteiger partial charge in [-0.05, 0) is 32.9 Å². The van der Waals surface area contributed by atoms with Gasteiger partial charge < -0.3 is 19.9 Å². The van der Waals surface area contributed by atoms with Crippen LogP contribution in [-0.4, -0.2) is 39.2 Å². The van der Waals surface area contributed by atoms with Crippen LogP contribution >= 0.6 is 0 Å². The van der Waals surface area contributed by atoms with Gasteiger partial charge in [-0.3, -0.25) is 0 Å². The van der Waals surface area contributed by atoms with E-state index in [1.807, 2.05) is 20.8 Å². The molecule has 3 heterocycles. The predicted octanol–water partition coefficient (Wildman–Crippen LogP) is 3.57. The Bertz CT molecular complexity index is 974. The Morgan fingerprint density at radius 1 is 1.15 bits per heavy atom. The Morgan fingerprint density at radius 2 is 1.93 bits per heavy atom. The number of rotatable bonds is 7. The topological polar surface area (TPSA) is 106 Å². The van der Waals surface area contributed by atoms with Crippen molar-refractivity contribution in [2.45, 2.75) is 20.8 Å². The van der Waals surface area contributed by atoms with E-state index in [2.05, 4.69) is 20.3 Å². The van der Waals surface area contributed by atoms with E-state index in [-0.39, 0.29) is 5.56 Å². The summed E-state index contributed by atoms with van der Waals surface area (Å²) >= 11 is 0. The molecule has 2 N–H and O–H groups in total. The van der Waals surface area contributed by atoms with Gasteiger partial charge in [0.1, 0.15) is 11.3 Å². The zero-order valence-electron chi connectivity index (χ0n) is 15.3.